The molecule has 0 aromatic heterocycles. The predicted molar refractivity (Wildman–Crippen MR) is 138 cm³/mol. The Morgan fingerprint density at radius 2 is 1.80 bits per heavy atom. The molecule has 1 amide bonds. The summed E-state index contributed by atoms with van der Waals surface area (Å²) in [7, 11) is -3.85. The topological polar surface area (TPSA) is 95.5 Å². The van der Waals surface area contributed by atoms with Crippen molar-refractivity contribution >= 4 is 27.7 Å². The molecule has 3 aromatic carbocycles. The van der Waals surface area contributed by atoms with Crippen LogP contribution in [0.2, 0.25) is 0 Å². The van der Waals surface area contributed by atoms with E-state index in [9.17, 15) is 18.3 Å². The molecule has 0 aliphatic heterocycles. The number of rotatable bonds is 8. The van der Waals surface area contributed by atoms with E-state index in [-0.39, 0.29) is 10.8 Å². The molecule has 0 bridgehead atoms. The van der Waals surface area contributed by atoms with E-state index >= 15 is 0 Å². The number of anilines is 1. The van der Waals surface area contributed by atoms with E-state index in [1.165, 1.54) is 6.08 Å². The molecule has 1 aliphatic carbocycles. The Bertz CT molecular complexity index is 1300. The third-order valence-electron chi connectivity index (χ3n) is 6.12. The normalized spacial score (nSPS) is 17.8. The Morgan fingerprint density at radius 3 is 2.51 bits per heavy atom. The zero-order chi connectivity index (χ0) is 24.8. The maximum atomic E-state index is 13.1. The molecule has 3 N–H and O–H groups in total. The lowest BCUT2D eigenvalue weighted by Crippen LogP contribution is -2.39. The van der Waals surface area contributed by atoms with Gasteiger partial charge in [-0.25, -0.2) is 13.1 Å². The molecule has 0 radical (unpaired) electrons. The fraction of sp³-hybridized carbons (Fsp3) is 0.250. The van der Waals surface area contributed by atoms with Crippen LogP contribution in [0.3, 0.4) is 0 Å². The third kappa shape index (κ3) is 6.25. The highest BCUT2D eigenvalue weighted by Crippen LogP contribution is 2.33. The molecule has 0 saturated heterocycles. The Kier molecular flexibility index (Phi) is 7.80. The Balaban J connectivity index is 1.53. The highest BCUT2D eigenvalue weighted by molar-refractivity contribution is 7.89. The number of amides is 1. The molecule has 7 heteroatoms. The molecule has 3 aromatic rings. The average Bonchev–Trinajstić information content (AvgIpc) is 2.86. The minimum Gasteiger partial charge on any atom is -0.391 e. The van der Waals surface area contributed by atoms with Crippen LogP contribution in [0.25, 0.3) is 6.08 Å². The van der Waals surface area contributed by atoms with Gasteiger partial charge < -0.3 is 10.4 Å². The van der Waals surface area contributed by atoms with Gasteiger partial charge >= 0.3 is 0 Å². The molecule has 35 heavy (non-hydrogen) atoms. The first kappa shape index (κ1) is 24.9. The fourth-order valence-electron chi connectivity index (χ4n) is 4.29. The van der Waals surface area contributed by atoms with Crippen LogP contribution in [0.15, 0.2) is 83.8 Å². The summed E-state index contributed by atoms with van der Waals surface area (Å²) in [5.41, 5.74) is 4.14. The highest BCUT2D eigenvalue weighted by Gasteiger charge is 2.32. The summed E-state index contributed by atoms with van der Waals surface area (Å²) in [5.74, 6) is -0.297. The second-order valence-electron chi connectivity index (χ2n) is 8.75. The number of fused-ring (bicyclic) bond motifs is 1. The number of sulfonamides is 1. The van der Waals surface area contributed by atoms with Crippen molar-refractivity contribution in [3.8, 4) is 0 Å². The van der Waals surface area contributed by atoms with Gasteiger partial charge in [0.1, 0.15) is 0 Å². The predicted octanol–water partition coefficient (Wildman–Crippen LogP) is 4.62. The fourth-order valence-corrected chi connectivity index (χ4v) is 5.54. The first-order valence-electron chi connectivity index (χ1n) is 11.8. The standard InChI is InChI=1S/C28H30N2O4S/c1-2-6-20-9-15-24(16-10-20)35(33,34)30-28-25-19-23(14-12-22(25)13-17-26(28)31)29-27(32)18-11-21-7-4-3-5-8-21/h3-5,7-12,14-16,18-19,26,28,30-31H,2,6,13,17H2,1H3,(H,29,32)/b18-11+. The van der Waals surface area contributed by atoms with Crippen molar-refractivity contribution < 1.29 is 18.3 Å². The summed E-state index contributed by atoms with van der Waals surface area (Å²) in [5, 5.41) is 13.5. The van der Waals surface area contributed by atoms with Crippen LogP contribution in [-0.2, 0) is 27.7 Å². The van der Waals surface area contributed by atoms with Crippen LogP contribution in [0.1, 0.15) is 48.1 Å². The summed E-state index contributed by atoms with van der Waals surface area (Å²) in [6.45, 7) is 2.07. The van der Waals surface area contributed by atoms with E-state index in [4.69, 9.17) is 0 Å². The third-order valence-corrected chi connectivity index (χ3v) is 7.58. The van der Waals surface area contributed by atoms with E-state index in [0.717, 1.165) is 29.5 Å². The number of aliphatic hydroxyl groups excluding tert-OH is 1. The Labute approximate surface area is 206 Å². The largest absolute Gasteiger partial charge is 0.391 e. The van der Waals surface area contributed by atoms with Crippen molar-refractivity contribution in [1.29, 1.82) is 0 Å². The van der Waals surface area contributed by atoms with Crippen LogP contribution >= 0.6 is 0 Å². The first-order chi connectivity index (χ1) is 16.9. The SMILES string of the molecule is CCCc1ccc(S(=O)(=O)NC2c3cc(NC(=O)/C=C/c4ccccc4)ccc3CCC2O)cc1. The van der Waals surface area contributed by atoms with Crippen molar-refractivity contribution in [3.63, 3.8) is 0 Å². The van der Waals surface area contributed by atoms with Crippen molar-refractivity contribution in [2.24, 2.45) is 0 Å². The van der Waals surface area contributed by atoms with Crippen LogP contribution in [-0.4, -0.2) is 25.5 Å². The number of nitrogens with one attached hydrogen (secondary N) is 2. The maximum absolute atomic E-state index is 13.1. The van der Waals surface area contributed by atoms with Gasteiger partial charge in [0.15, 0.2) is 0 Å². The number of carbonyl (C=O) groups excluding carboxylic acids is 1. The van der Waals surface area contributed by atoms with Gasteiger partial charge in [-0.15, -0.1) is 0 Å². The van der Waals surface area contributed by atoms with Gasteiger partial charge in [0.2, 0.25) is 15.9 Å². The number of hydrogen-bond acceptors (Lipinski definition) is 4. The van der Waals surface area contributed by atoms with Crippen molar-refractivity contribution in [2.45, 2.75) is 49.6 Å². The smallest absolute Gasteiger partial charge is 0.248 e. The van der Waals surface area contributed by atoms with E-state index in [2.05, 4.69) is 17.0 Å². The molecule has 0 fully saturated rings. The average molecular weight is 491 g/mol. The van der Waals surface area contributed by atoms with Crippen LogP contribution < -0.4 is 10.0 Å². The van der Waals surface area contributed by atoms with E-state index in [1.54, 1.807) is 30.3 Å². The van der Waals surface area contributed by atoms with Crippen LogP contribution in [0, 0.1) is 0 Å². The van der Waals surface area contributed by atoms with Gasteiger partial charge in [0.25, 0.3) is 0 Å². The molecule has 1 aliphatic rings. The molecule has 0 spiro atoms. The van der Waals surface area contributed by atoms with Crippen molar-refractivity contribution in [3.05, 3.63) is 101 Å². The molecule has 0 heterocycles. The highest BCUT2D eigenvalue weighted by atomic mass is 32.2. The molecule has 0 saturated carbocycles. The lowest BCUT2D eigenvalue weighted by Gasteiger charge is -2.31. The minimum absolute atomic E-state index is 0.159. The van der Waals surface area contributed by atoms with E-state index in [1.807, 2.05) is 48.5 Å². The van der Waals surface area contributed by atoms with Gasteiger partial charge in [-0.05, 0) is 71.9 Å². The monoisotopic (exact) mass is 490 g/mol. The van der Waals surface area contributed by atoms with Crippen molar-refractivity contribution in [1.82, 2.24) is 4.72 Å². The lowest BCUT2D eigenvalue weighted by atomic mass is 9.86. The minimum atomic E-state index is -3.85. The quantitative estimate of drug-likeness (QED) is 0.402. The number of benzene rings is 3. The van der Waals surface area contributed by atoms with Gasteiger partial charge in [-0.2, -0.15) is 0 Å². The Hall–Kier alpha value is -3.26. The number of aryl methyl sites for hydroxylation is 2. The van der Waals surface area contributed by atoms with Gasteiger partial charge in [0, 0.05) is 11.8 Å². The van der Waals surface area contributed by atoms with Gasteiger partial charge in [-0.1, -0.05) is 61.9 Å². The van der Waals surface area contributed by atoms with Gasteiger partial charge in [-0.3, -0.25) is 4.79 Å². The number of carbonyl (C=O) groups is 1. The summed E-state index contributed by atoms with van der Waals surface area (Å²) in [4.78, 5) is 12.6. The molecule has 2 atom stereocenters. The summed E-state index contributed by atoms with van der Waals surface area (Å²) >= 11 is 0. The molecular formula is C28H30N2O4S. The Morgan fingerprint density at radius 1 is 1.06 bits per heavy atom. The molecular weight excluding hydrogens is 460 g/mol. The second-order valence-corrected chi connectivity index (χ2v) is 10.5. The summed E-state index contributed by atoms with van der Waals surface area (Å²) in [6, 6.07) is 20.9. The molecule has 4 rings (SSSR count). The van der Waals surface area contributed by atoms with Crippen molar-refractivity contribution in [2.75, 3.05) is 5.32 Å². The zero-order valence-electron chi connectivity index (χ0n) is 19.6. The zero-order valence-corrected chi connectivity index (χ0v) is 20.5. The van der Waals surface area contributed by atoms with E-state index in [0.29, 0.717) is 24.1 Å². The number of hydrogen-bond donors (Lipinski definition) is 3. The lowest BCUT2D eigenvalue weighted by molar-refractivity contribution is -0.111. The molecule has 182 valence electrons. The van der Waals surface area contributed by atoms with Gasteiger partial charge in [0.05, 0.1) is 17.0 Å². The molecule has 6 nitrogen and oxygen atoms in total. The summed E-state index contributed by atoms with van der Waals surface area (Å²) in [6.07, 6.45) is 5.24. The second kappa shape index (κ2) is 11.0. The van der Waals surface area contributed by atoms with Crippen LogP contribution in [0.5, 0.6) is 0 Å². The maximum Gasteiger partial charge on any atom is 0.248 e. The summed E-state index contributed by atoms with van der Waals surface area (Å²) < 4.78 is 28.9. The van der Waals surface area contributed by atoms with Crippen LogP contribution in [0.4, 0.5) is 5.69 Å². The van der Waals surface area contributed by atoms with E-state index < -0.39 is 22.2 Å². The number of aliphatic hydroxyl groups is 1. The molecule has 2 unspecified atom stereocenters. The first-order valence-corrected chi connectivity index (χ1v) is 13.3.